The van der Waals surface area contributed by atoms with E-state index in [1.54, 1.807) is 25.7 Å². The van der Waals surface area contributed by atoms with E-state index in [1.165, 1.54) is 19.2 Å². The second-order valence-electron chi connectivity index (χ2n) is 16.7. The van der Waals surface area contributed by atoms with E-state index in [0.717, 1.165) is 5.56 Å². The van der Waals surface area contributed by atoms with Gasteiger partial charge in [0.25, 0.3) is 5.91 Å². The summed E-state index contributed by atoms with van der Waals surface area (Å²) < 4.78 is 68.5. The van der Waals surface area contributed by atoms with Crippen LogP contribution in [0.25, 0.3) is 11.1 Å². The molecule has 2 amide bonds. The molecule has 2 aliphatic heterocycles. The number of ether oxygens (including phenoxy) is 2. The number of carbonyl (C=O) groups is 2. The van der Waals surface area contributed by atoms with Crippen LogP contribution in [-0.2, 0) is 27.6 Å². The summed E-state index contributed by atoms with van der Waals surface area (Å²) in [6.45, 7) is 15.9. The highest BCUT2D eigenvalue weighted by Gasteiger charge is 2.55. The minimum Gasteiger partial charge on any atom is -0.480 e. The summed E-state index contributed by atoms with van der Waals surface area (Å²) >= 11 is 6.79. The third-order valence-electron chi connectivity index (χ3n) is 11.1. The number of benzene rings is 3. The first-order valence-corrected chi connectivity index (χ1v) is 21.1. The van der Waals surface area contributed by atoms with Crippen molar-refractivity contribution in [1.82, 2.24) is 10.2 Å². The minimum absolute atomic E-state index is 0.0292. The third-order valence-corrected chi connectivity index (χ3v) is 16.0. The van der Waals surface area contributed by atoms with E-state index in [1.807, 2.05) is 64.2 Å². The van der Waals surface area contributed by atoms with Gasteiger partial charge in [0.1, 0.15) is 23.0 Å². The zero-order valence-corrected chi connectivity index (χ0v) is 33.1. The lowest BCUT2D eigenvalue weighted by Gasteiger charge is -2.40. The van der Waals surface area contributed by atoms with Gasteiger partial charge in [-0.05, 0) is 74.5 Å². The molecule has 12 heteroatoms. The molecule has 0 bridgehead atoms. The fraction of sp³-hybridized carbons (Fsp3) is 0.500. The smallest absolute Gasteiger partial charge is 0.410 e. The lowest BCUT2D eigenvalue weighted by molar-refractivity contribution is -0.0216. The van der Waals surface area contributed by atoms with Crippen molar-refractivity contribution < 1.29 is 36.7 Å². The van der Waals surface area contributed by atoms with Gasteiger partial charge in [0.15, 0.2) is 20.1 Å². The highest BCUT2D eigenvalue weighted by Crippen LogP contribution is 2.55. The van der Waals surface area contributed by atoms with Crippen molar-refractivity contribution in [2.24, 2.45) is 0 Å². The van der Waals surface area contributed by atoms with Gasteiger partial charge in [-0.15, -0.1) is 0 Å². The van der Waals surface area contributed by atoms with E-state index in [9.17, 15) is 9.59 Å². The molecule has 3 aromatic carbocycles. The molecule has 0 saturated carbocycles. The fourth-order valence-electron chi connectivity index (χ4n) is 7.60. The summed E-state index contributed by atoms with van der Waals surface area (Å²) in [5, 5.41) is 1.92. The summed E-state index contributed by atoms with van der Waals surface area (Å²) in [6, 6.07) is 11.3. The summed E-state index contributed by atoms with van der Waals surface area (Å²) in [6.07, 6.45) is -1.92. The van der Waals surface area contributed by atoms with Crippen LogP contribution in [0.5, 0.6) is 5.75 Å². The maximum Gasteiger partial charge on any atom is 0.410 e. The molecule has 0 spiro atoms. The molecule has 280 valence electrons. The van der Waals surface area contributed by atoms with Crippen molar-refractivity contribution in [2.75, 3.05) is 13.6 Å². The summed E-state index contributed by atoms with van der Waals surface area (Å²) in [4.78, 5) is 28.8. The molecular formula is C40H48ClF3N2O5Si. The van der Waals surface area contributed by atoms with Crippen LogP contribution in [0.4, 0.5) is 18.0 Å². The standard InChI is InChI=1S/C40H48ClF3N2O5Si/c1-38(2,3)50-37(48)46-17-13-16-30(46)40(22-14-11-10-12-15-22)21-26-28(49-40)20-27(42)33(41)31(26)32-25(36(47)45-7)18-23-24(35(32)44)19-29(34(23)43)51-52(8,9)39(4,5)6/h10-12,14-15,18,20,29-30,34H,13,16-17,19,21H2,1-9H3,(H,45,47)/t29?,30-,34?,40-/m0/s1. The molecule has 2 unspecified atom stereocenters. The highest BCUT2D eigenvalue weighted by molar-refractivity contribution is 6.74. The molecule has 1 aliphatic carbocycles. The van der Waals surface area contributed by atoms with Crippen LogP contribution in [0, 0.1) is 11.6 Å². The molecule has 0 aromatic heterocycles. The van der Waals surface area contributed by atoms with Gasteiger partial charge in [-0.2, -0.15) is 0 Å². The molecule has 1 N–H and O–H groups in total. The molecular weight excluding hydrogens is 709 g/mol. The Morgan fingerprint density at radius 1 is 1.04 bits per heavy atom. The molecule has 3 aromatic rings. The average Bonchev–Trinajstić information content (AvgIpc) is 3.78. The number of nitrogens with zero attached hydrogens (tertiary/aromatic N) is 1. The van der Waals surface area contributed by atoms with E-state index in [-0.39, 0.29) is 51.4 Å². The first-order chi connectivity index (χ1) is 24.2. The van der Waals surface area contributed by atoms with Crippen molar-refractivity contribution in [3.8, 4) is 16.9 Å². The number of alkyl halides is 1. The van der Waals surface area contributed by atoms with Crippen molar-refractivity contribution >= 4 is 31.9 Å². The fourth-order valence-corrected chi connectivity index (χ4v) is 9.17. The van der Waals surface area contributed by atoms with Gasteiger partial charge >= 0.3 is 6.09 Å². The third kappa shape index (κ3) is 6.51. The number of carbonyl (C=O) groups excluding carboxylic acids is 2. The second-order valence-corrected chi connectivity index (χ2v) is 21.8. The number of hydrogen-bond acceptors (Lipinski definition) is 5. The summed E-state index contributed by atoms with van der Waals surface area (Å²) in [5.41, 5.74) is -1.26. The predicted molar refractivity (Wildman–Crippen MR) is 198 cm³/mol. The first-order valence-electron chi connectivity index (χ1n) is 17.9. The van der Waals surface area contributed by atoms with Gasteiger partial charge in [0, 0.05) is 49.2 Å². The Morgan fingerprint density at radius 3 is 2.33 bits per heavy atom. The topological polar surface area (TPSA) is 77.1 Å². The number of likely N-dealkylation sites (tertiary alicyclic amines) is 1. The maximum atomic E-state index is 17.3. The number of halogens is 4. The molecule has 1 fully saturated rings. The van der Waals surface area contributed by atoms with E-state index in [4.69, 9.17) is 25.5 Å². The van der Waals surface area contributed by atoms with Crippen molar-refractivity contribution in [2.45, 2.75) is 115 Å². The maximum absolute atomic E-state index is 17.3. The number of hydrogen-bond donors (Lipinski definition) is 1. The van der Waals surface area contributed by atoms with Crippen LogP contribution >= 0.6 is 11.6 Å². The van der Waals surface area contributed by atoms with Gasteiger partial charge in [-0.3, -0.25) is 4.79 Å². The molecule has 7 nitrogen and oxygen atoms in total. The number of nitrogens with one attached hydrogen (secondary N) is 1. The Balaban J connectivity index is 1.52. The largest absolute Gasteiger partial charge is 0.480 e. The summed E-state index contributed by atoms with van der Waals surface area (Å²) in [5.74, 6) is -2.31. The normalized spacial score (nSPS) is 22.9. The van der Waals surface area contributed by atoms with Crippen LogP contribution in [0.15, 0.2) is 42.5 Å². The molecule has 2 heterocycles. The zero-order chi connectivity index (χ0) is 38.1. The molecule has 6 rings (SSSR count). The SMILES string of the molecule is CNC(=O)c1cc2c(c(F)c1-c1c(Cl)c(F)cc3c1C[C@](c1ccccc1)([C@@H]1CCCN1C(=O)OC(C)(C)C)O3)CC(O[Si](C)(C)C(C)(C)C)C2F. The van der Waals surface area contributed by atoms with Crippen LogP contribution in [-0.4, -0.2) is 56.6 Å². The van der Waals surface area contributed by atoms with Gasteiger partial charge in [0.2, 0.25) is 0 Å². The zero-order valence-electron chi connectivity index (χ0n) is 31.3. The molecule has 1 saturated heterocycles. The summed E-state index contributed by atoms with van der Waals surface area (Å²) in [7, 11) is -1.08. The minimum atomic E-state index is -2.47. The van der Waals surface area contributed by atoms with Crippen molar-refractivity contribution in [3.05, 3.63) is 86.9 Å². The van der Waals surface area contributed by atoms with Gasteiger partial charge in [-0.25, -0.2) is 18.0 Å². The highest BCUT2D eigenvalue weighted by atomic mass is 35.5. The molecule has 3 aliphatic rings. The molecule has 0 radical (unpaired) electrons. The monoisotopic (exact) mass is 756 g/mol. The predicted octanol–water partition coefficient (Wildman–Crippen LogP) is 9.83. The Hall–Kier alpha value is -3.54. The Bertz CT molecular complexity index is 1910. The van der Waals surface area contributed by atoms with Crippen LogP contribution in [0.3, 0.4) is 0 Å². The molecule has 52 heavy (non-hydrogen) atoms. The Labute approximate surface area is 310 Å². The Morgan fingerprint density at radius 2 is 1.71 bits per heavy atom. The number of rotatable bonds is 6. The number of fused-ring (bicyclic) bond motifs is 2. The van der Waals surface area contributed by atoms with Crippen molar-refractivity contribution in [1.29, 1.82) is 0 Å². The van der Waals surface area contributed by atoms with Gasteiger partial charge < -0.3 is 24.1 Å². The van der Waals surface area contributed by atoms with Crippen LogP contribution in [0.2, 0.25) is 23.2 Å². The van der Waals surface area contributed by atoms with E-state index in [2.05, 4.69) is 5.32 Å². The van der Waals surface area contributed by atoms with Crippen LogP contribution < -0.4 is 10.1 Å². The van der Waals surface area contributed by atoms with E-state index < -0.39 is 66.5 Å². The van der Waals surface area contributed by atoms with Gasteiger partial charge in [-0.1, -0.05) is 62.7 Å². The Kier molecular flexibility index (Phi) is 9.83. The van der Waals surface area contributed by atoms with Crippen molar-refractivity contribution in [3.63, 3.8) is 0 Å². The second kappa shape index (κ2) is 13.4. The first kappa shape index (κ1) is 38.2. The quantitative estimate of drug-likeness (QED) is 0.254. The number of amides is 2. The lowest BCUT2D eigenvalue weighted by atomic mass is 9.79. The molecule has 4 atom stereocenters. The lowest BCUT2D eigenvalue weighted by Crippen LogP contribution is -2.53. The van der Waals surface area contributed by atoms with E-state index in [0.29, 0.717) is 24.9 Å². The average molecular weight is 757 g/mol. The van der Waals surface area contributed by atoms with Crippen LogP contribution in [0.1, 0.15) is 93.2 Å². The van der Waals surface area contributed by atoms with E-state index >= 15 is 13.2 Å². The van der Waals surface area contributed by atoms with Gasteiger partial charge in [0.05, 0.1) is 22.7 Å².